The maximum atomic E-state index is 13.1. The molecule has 0 saturated heterocycles. The first kappa shape index (κ1) is 14.5. The van der Waals surface area contributed by atoms with Gasteiger partial charge in [0.15, 0.2) is 0 Å². The Bertz CT molecular complexity index is 444. The van der Waals surface area contributed by atoms with Crippen LogP contribution in [0, 0.1) is 11.7 Å². The van der Waals surface area contributed by atoms with Gasteiger partial charge in [-0.05, 0) is 52.9 Å². The van der Waals surface area contributed by atoms with Crippen molar-refractivity contribution in [1.29, 1.82) is 0 Å². The van der Waals surface area contributed by atoms with Crippen molar-refractivity contribution >= 4 is 21.8 Å². The second-order valence-corrected chi connectivity index (χ2v) is 6.03. The third kappa shape index (κ3) is 4.30. The molecule has 0 aromatic heterocycles. The predicted octanol–water partition coefficient (Wildman–Crippen LogP) is 4.29. The molecule has 1 aromatic rings. The molecule has 1 aliphatic rings. The maximum Gasteiger partial charge on any atom is 0.251 e. The lowest BCUT2D eigenvalue weighted by molar-refractivity contribution is 0.0952. The monoisotopic (exact) mass is 327 g/mol. The molecule has 1 aliphatic carbocycles. The van der Waals surface area contributed by atoms with Crippen molar-refractivity contribution in [2.45, 2.75) is 38.5 Å². The molecule has 0 radical (unpaired) electrons. The van der Waals surface area contributed by atoms with Gasteiger partial charge in [0, 0.05) is 12.1 Å². The molecule has 0 atom stereocenters. The Morgan fingerprint density at radius 3 is 2.79 bits per heavy atom. The number of nitrogens with one attached hydrogen (secondary N) is 1. The number of halogens is 2. The van der Waals surface area contributed by atoms with Crippen LogP contribution in [-0.4, -0.2) is 12.5 Å². The fourth-order valence-corrected chi connectivity index (χ4v) is 3.01. The molecule has 104 valence electrons. The summed E-state index contributed by atoms with van der Waals surface area (Å²) in [5.74, 6) is 0.377. The lowest BCUT2D eigenvalue weighted by Gasteiger charge is -2.09. The van der Waals surface area contributed by atoms with Crippen LogP contribution in [0.3, 0.4) is 0 Å². The number of benzene rings is 1. The van der Waals surface area contributed by atoms with E-state index in [1.807, 2.05) is 0 Å². The standard InChI is InChI=1S/C15H19BrFNO/c16-13-10-12(7-8-14(13)17)15(19)18-9-3-6-11-4-1-2-5-11/h7-8,10-11H,1-6,9H2,(H,18,19). The van der Waals surface area contributed by atoms with Gasteiger partial charge in [0.25, 0.3) is 5.91 Å². The molecule has 0 aliphatic heterocycles. The topological polar surface area (TPSA) is 29.1 Å². The Labute approximate surface area is 121 Å². The SMILES string of the molecule is O=C(NCCCC1CCCC1)c1ccc(F)c(Br)c1. The minimum absolute atomic E-state index is 0.132. The zero-order valence-corrected chi connectivity index (χ0v) is 12.5. The van der Waals surface area contributed by atoms with Gasteiger partial charge in [-0.15, -0.1) is 0 Å². The highest BCUT2D eigenvalue weighted by molar-refractivity contribution is 9.10. The van der Waals surface area contributed by atoms with Crippen LogP contribution in [0.2, 0.25) is 0 Å². The van der Waals surface area contributed by atoms with E-state index in [2.05, 4.69) is 21.2 Å². The highest BCUT2D eigenvalue weighted by Crippen LogP contribution is 2.28. The molecule has 1 N–H and O–H groups in total. The van der Waals surface area contributed by atoms with Gasteiger partial charge in [0.05, 0.1) is 4.47 Å². The number of hydrogen-bond acceptors (Lipinski definition) is 1. The maximum absolute atomic E-state index is 13.1. The van der Waals surface area contributed by atoms with Crippen LogP contribution < -0.4 is 5.32 Å². The van der Waals surface area contributed by atoms with Crippen molar-refractivity contribution in [2.24, 2.45) is 5.92 Å². The molecular weight excluding hydrogens is 309 g/mol. The minimum atomic E-state index is -0.349. The smallest absolute Gasteiger partial charge is 0.251 e. The average Bonchev–Trinajstić information content (AvgIpc) is 2.91. The van der Waals surface area contributed by atoms with Crippen molar-refractivity contribution in [3.05, 3.63) is 34.1 Å². The first-order valence-corrected chi connectivity index (χ1v) is 7.69. The summed E-state index contributed by atoms with van der Waals surface area (Å²) in [4.78, 5) is 11.8. The Morgan fingerprint density at radius 2 is 2.11 bits per heavy atom. The van der Waals surface area contributed by atoms with E-state index in [1.165, 1.54) is 50.3 Å². The van der Waals surface area contributed by atoms with Crippen LogP contribution in [-0.2, 0) is 0 Å². The Balaban J connectivity index is 1.72. The summed E-state index contributed by atoms with van der Waals surface area (Å²) in [6, 6.07) is 4.32. The highest BCUT2D eigenvalue weighted by Gasteiger charge is 2.14. The predicted molar refractivity (Wildman–Crippen MR) is 77.6 cm³/mol. The minimum Gasteiger partial charge on any atom is -0.352 e. The van der Waals surface area contributed by atoms with Crippen molar-refractivity contribution in [3.8, 4) is 0 Å². The molecule has 0 heterocycles. The van der Waals surface area contributed by atoms with Crippen molar-refractivity contribution in [1.82, 2.24) is 5.32 Å². The Morgan fingerprint density at radius 1 is 1.37 bits per heavy atom. The van der Waals surface area contributed by atoms with Gasteiger partial charge in [-0.2, -0.15) is 0 Å². The average molecular weight is 328 g/mol. The van der Waals surface area contributed by atoms with Gasteiger partial charge in [0.1, 0.15) is 5.82 Å². The van der Waals surface area contributed by atoms with Crippen molar-refractivity contribution in [3.63, 3.8) is 0 Å². The van der Waals surface area contributed by atoms with Gasteiger partial charge >= 0.3 is 0 Å². The summed E-state index contributed by atoms with van der Waals surface area (Å²) in [6.45, 7) is 0.699. The number of carbonyl (C=O) groups is 1. The van der Waals surface area contributed by atoms with Gasteiger partial charge in [0.2, 0.25) is 0 Å². The molecule has 1 fully saturated rings. The van der Waals surface area contributed by atoms with Gasteiger partial charge in [-0.3, -0.25) is 4.79 Å². The fraction of sp³-hybridized carbons (Fsp3) is 0.533. The highest BCUT2D eigenvalue weighted by atomic mass is 79.9. The summed E-state index contributed by atoms with van der Waals surface area (Å²) in [5.41, 5.74) is 0.495. The lowest BCUT2D eigenvalue weighted by Crippen LogP contribution is -2.24. The largest absolute Gasteiger partial charge is 0.352 e. The normalized spacial score (nSPS) is 15.7. The van der Waals surface area contributed by atoms with Gasteiger partial charge in [-0.1, -0.05) is 25.7 Å². The van der Waals surface area contributed by atoms with E-state index >= 15 is 0 Å². The van der Waals surface area contributed by atoms with Crippen LogP contribution in [0.1, 0.15) is 48.9 Å². The van der Waals surface area contributed by atoms with Crippen molar-refractivity contribution < 1.29 is 9.18 Å². The van der Waals surface area contributed by atoms with Crippen molar-refractivity contribution in [2.75, 3.05) is 6.54 Å². The molecule has 1 amide bonds. The first-order valence-electron chi connectivity index (χ1n) is 6.90. The number of rotatable bonds is 5. The van der Waals surface area contributed by atoms with E-state index in [0.29, 0.717) is 16.6 Å². The van der Waals surface area contributed by atoms with E-state index in [1.54, 1.807) is 0 Å². The second-order valence-electron chi connectivity index (χ2n) is 5.18. The molecule has 1 saturated carbocycles. The zero-order chi connectivity index (χ0) is 13.7. The van der Waals surface area contributed by atoms with E-state index < -0.39 is 0 Å². The number of amides is 1. The van der Waals surface area contributed by atoms with E-state index in [4.69, 9.17) is 0 Å². The van der Waals surface area contributed by atoms with E-state index in [0.717, 1.165) is 12.3 Å². The van der Waals surface area contributed by atoms with Crippen LogP contribution in [0.25, 0.3) is 0 Å². The molecule has 1 aromatic carbocycles. The van der Waals surface area contributed by atoms with Crippen LogP contribution >= 0.6 is 15.9 Å². The Hall–Kier alpha value is -0.900. The Kier molecular flexibility index (Phi) is 5.37. The van der Waals surface area contributed by atoms with Gasteiger partial charge < -0.3 is 5.32 Å². The molecule has 19 heavy (non-hydrogen) atoms. The molecule has 0 bridgehead atoms. The fourth-order valence-electron chi connectivity index (χ4n) is 2.63. The third-order valence-electron chi connectivity index (χ3n) is 3.73. The first-order chi connectivity index (χ1) is 9.16. The number of hydrogen-bond donors (Lipinski definition) is 1. The summed E-state index contributed by atoms with van der Waals surface area (Å²) in [7, 11) is 0. The van der Waals surface area contributed by atoms with E-state index in [9.17, 15) is 9.18 Å². The summed E-state index contributed by atoms with van der Waals surface area (Å²) < 4.78 is 13.4. The summed E-state index contributed by atoms with van der Waals surface area (Å²) in [5, 5.41) is 2.89. The van der Waals surface area contributed by atoms with Crippen LogP contribution in [0.4, 0.5) is 4.39 Å². The molecule has 4 heteroatoms. The third-order valence-corrected chi connectivity index (χ3v) is 4.34. The zero-order valence-electron chi connectivity index (χ0n) is 10.9. The molecule has 2 nitrogen and oxygen atoms in total. The van der Waals surface area contributed by atoms with Gasteiger partial charge in [-0.25, -0.2) is 4.39 Å². The van der Waals surface area contributed by atoms with Crippen LogP contribution in [0.5, 0.6) is 0 Å². The molecule has 2 rings (SSSR count). The molecular formula is C15H19BrFNO. The molecule has 0 spiro atoms. The lowest BCUT2D eigenvalue weighted by atomic mass is 10.0. The van der Waals surface area contributed by atoms with E-state index in [-0.39, 0.29) is 11.7 Å². The summed E-state index contributed by atoms with van der Waals surface area (Å²) in [6.07, 6.45) is 7.64. The second kappa shape index (κ2) is 7.04. The molecule has 0 unspecified atom stereocenters. The summed E-state index contributed by atoms with van der Waals surface area (Å²) >= 11 is 3.09. The number of carbonyl (C=O) groups excluding carboxylic acids is 1. The quantitative estimate of drug-likeness (QED) is 0.803. The van der Waals surface area contributed by atoms with Crippen LogP contribution in [0.15, 0.2) is 22.7 Å².